The van der Waals surface area contributed by atoms with Crippen LogP contribution in [0.4, 0.5) is 0 Å². The third kappa shape index (κ3) is 2.87. The standard InChI is InChI=1S/C14H18N2O/c1-3-13-10-14(15-16(13)4-2)17-11-12-8-6-5-7-9-12/h5-10H,3-4,11H2,1-2H3. The average Bonchev–Trinajstić information content (AvgIpc) is 2.80. The first kappa shape index (κ1) is 11.7. The maximum atomic E-state index is 5.69. The molecule has 0 radical (unpaired) electrons. The SMILES string of the molecule is CCc1cc(OCc2ccccc2)nn1CC. The van der Waals surface area contributed by atoms with Crippen molar-refractivity contribution >= 4 is 0 Å². The van der Waals surface area contributed by atoms with Gasteiger partial charge in [-0.05, 0) is 18.9 Å². The molecule has 1 aromatic heterocycles. The van der Waals surface area contributed by atoms with Crippen LogP contribution in [0.5, 0.6) is 5.88 Å². The molecule has 2 aromatic rings. The zero-order valence-corrected chi connectivity index (χ0v) is 10.4. The van der Waals surface area contributed by atoms with Gasteiger partial charge in [0.15, 0.2) is 0 Å². The maximum Gasteiger partial charge on any atom is 0.233 e. The molecular weight excluding hydrogens is 212 g/mol. The van der Waals surface area contributed by atoms with Crippen LogP contribution in [0, 0.1) is 0 Å². The van der Waals surface area contributed by atoms with Crippen LogP contribution in [0.3, 0.4) is 0 Å². The first-order valence-electron chi connectivity index (χ1n) is 6.07. The van der Waals surface area contributed by atoms with Crippen LogP contribution in [0.1, 0.15) is 25.1 Å². The summed E-state index contributed by atoms with van der Waals surface area (Å²) in [6, 6.07) is 12.2. The summed E-state index contributed by atoms with van der Waals surface area (Å²) in [6.07, 6.45) is 0.982. The van der Waals surface area contributed by atoms with Gasteiger partial charge in [-0.25, -0.2) is 0 Å². The van der Waals surface area contributed by atoms with Gasteiger partial charge in [-0.1, -0.05) is 37.3 Å². The minimum absolute atomic E-state index is 0.574. The van der Waals surface area contributed by atoms with Crippen molar-refractivity contribution in [2.45, 2.75) is 33.4 Å². The van der Waals surface area contributed by atoms with Crippen LogP contribution in [0.15, 0.2) is 36.4 Å². The number of aromatic nitrogens is 2. The van der Waals surface area contributed by atoms with E-state index in [9.17, 15) is 0 Å². The molecule has 3 nitrogen and oxygen atoms in total. The van der Waals surface area contributed by atoms with Gasteiger partial charge in [0.1, 0.15) is 6.61 Å². The van der Waals surface area contributed by atoms with Crippen molar-refractivity contribution in [2.24, 2.45) is 0 Å². The predicted molar refractivity (Wildman–Crippen MR) is 68.1 cm³/mol. The van der Waals surface area contributed by atoms with Gasteiger partial charge in [-0.2, -0.15) is 0 Å². The smallest absolute Gasteiger partial charge is 0.233 e. The highest BCUT2D eigenvalue weighted by molar-refractivity contribution is 5.18. The van der Waals surface area contributed by atoms with E-state index in [-0.39, 0.29) is 0 Å². The van der Waals surface area contributed by atoms with Crippen LogP contribution in [0.25, 0.3) is 0 Å². The van der Waals surface area contributed by atoms with E-state index in [1.165, 1.54) is 5.69 Å². The third-order valence-electron chi connectivity index (χ3n) is 2.73. The third-order valence-corrected chi connectivity index (χ3v) is 2.73. The average molecular weight is 230 g/mol. The van der Waals surface area contributed by atoms with Crippen molar-refractivity contribution in [1.29, 1.82) is 0 Å². The number of nitrogens with zero attached hydrogens (tertiary/aromatic N) is 2. The minimum Gasteiger partial charge on any atom is -0.472 e. The van der Waals surface area contributed by atoms with Crippen molar-refractivity contribution in [1.82, 2.24) is 9.78 Å². The predicted octanol–water partition coefficient (Wildman–Crippen LogP) is 3.04. The van der Waals surface area contributed by atoms with Gasteiger partial charge in [0.25, 0.3) is 0 Å². The van der Waals surface area contributed by atoms with Crippen LogP contribution < -0.4 is 4.74 Å². The summed E-state index contributed by atoms with van der Waals surface area (Å²) in [4.78, 5) is 0. The van der Waals surface area contributed by atoms with Gasteiger partial charge >= 0.3 is 0 Å². The Morgan fingerprint density at radius 2 is 1.94 bits per heavy atom. The molecule has 0 bridgehead atoms. The fraction of sp³-hybridized carbons (Fsp3) is 0.357. The number of hydrogen-bond acceptors (Lipinski definition) is 2. The van der Waals surface area contributed by atoms with E-state index in [1.807, 2.05) is 28.9 Å². The number of benzene rings is 1. The molecule has 1 heterocycles. The highest BCUT2D eigenvalue weighted by Gasteiger charge is 2.05. The minimum atomic E-state index is 0.574. The van der Waals surface area contributed by atoms with Crippen molar-refractivity contribution in [3.8, 4) is 5.88 Å². The maximum absolute atomic E-state index is 5.69. The lowest BCUT2D eigenvalue weighted by Crippen LogP contribution is -2.01. The lowest BCUT2D eigenvalue weighted by Gasteiger charge is -2.02. The van der Waals surface area contributed by atoms with E-state index in [0.717, 1.165) is 18.5 Å². The normalized spacial score (nSPS) is 10.5. The number of rotatable bonds is 5. The molecule has 1 aromatic carbocycles. The zero-order valence-electron chi connectivity index (χ0n) is 10.4. The Morgan fingerprint density at radius 1 is 1.18 bits per heavy atom. The van der Waals surface area contributed by atoms with Crippen molar-refractivity contribution in [3.63, 3.8) is 0 Å². The van der Waals surface area contributed by atoms with E-state index < -0.39 is 0 Å². The Bertz CT molecular complexity index is 441. The highest BCUT2D eigenvalue weighted by Crippen LogP contribution is 2.14. The van der Waals surface area contributed by atoms with Gasteiger partial charge in [-0.3, -0.25) is 4.68 Å². The molecule has 0 spiro atoms. The lowest BCUT2D eigenvalue weighted by molar-refractivity contribution is 0.290. The summed E-state index contributed by atoms with van der Waals surface area (Å²) in [7, 11) is 0. The molecule has 0 unspecified atom stereocenters. The van der Waals surface area contributed by atoms with E-state index in [4.69, 9.17) is 4.74 Å². The highest BCUT2D eigenvalue weighted by atomic mass is 16.5. The quantitative estimate of drug-likeness (QED) is 0.789. The van der Waals surface area contributed by atoms with Crippen molar-refractivity contribution in [3.05, 3.63) is 47.7 Å². The fourth-order valence-electron chi connectivity index (χ4n) is 1.79. The Hall–Kier alpha value is -1.77. The molecule has 0 aliphatic carbocycles. The van der Waals surface area contributed by atoms with Gasteiger partial charge < -0.3 is 4.74 Å². The number of ether oxygens (including phenoxy) is 1. The molecule has 0 saturated heterocycles. The summed E-state index contributed by atoms with van der Waals surface area (Å²) in [5.74, 6) is 0.715. The molecule has 0 aliphatic rings. The molecular formula is C14H18N2O. The largest absolute Gasteiger partial charge is 0.472 e. The second-order valence-corrected chi connectivity index (χ2v) is 3.92. The summed E-state index contributed by atoms with van der Waals surface area (Å²) in [5.41, 5.74) is 2.38. The Labute approximate surface area is 102 Å². The van der Waals surface area contributed by atoms with Crippen LogP contribution in [0.2, 0.25) is 0 Å². The first-order chi connectivity index (χ1) is 8.33. The molecule has 0 N–H and O–H groups in total. The van der Waals surface area contributed by atoms with Crippen LogP contribution >= 0.6 is 0 Å². The Morgan fingerprint density at radius 3 is 2.53 bits per heavy atom. The molecule has 0 saturated carbocycles. The van der Waals surface area contributed by atoms with E-state index in [2.05, 4.69) is 31.1 Å². The van der Waals surface area contributed by atoms with Crippen molar-refractivity contribution in [2.75, 3.05) is 0 Å². The lowest BCUT2D eigenvalue weighted by atomic mass is 10.2. The van der Waals surface area contributed by atoms with Gasteiger partial charge in [0, 0.05) is 18.3 Å². The molecule has 0 amide bonds. The summed E-state index contributed by atoms with van der Waals surface area (Å²) in [6.45, 7) is 5.68. The molecule has 0 fully saturated rings. The summed E-state index contributed by atoms with van der Waals surface area (Å²) >= 11 is 0. The van der Waals surface area contributed by atoms with Crippen LogP contribution in [-0.4, -0.2) is 9.78 Å². The van der Waals surface area contributed by atoms with Gasteiger partial charge in [0.05, 0.1) is 0 Å². The van der Waals surface area contributed by atoms with E-state index >= 15 is 0 Å². The van der Waals surface area contributed by atoms with Crippen molar-refractivity contribution < 1.29 is 4.74 Å². The molecule has 2 rings (SSSR count). The first-order valence-corrected chi connectivity index (χ1v) is 6.07. The molecule has 90 valence electrons. The monoisotopic (exact) mass is 230 g/mol. The Kier molecular flexibility index (Phi) is 3.81. The van der Waals surface area contributed by atoms with Gasteiger partial charge in [-0.15, -0.1) is 5.10 Å². The second kappa shape index (κ2) is 5.53. The topological polar surface area (TPSA) is 27.1 Å². The fourth-order valence-corrected chi connectivity index (χ4v) is 1.79. The molecule has 0 atom stereocenters. The number of hydrogen-bond donors (Lipinski definition) is 0. The zero-order chi connectivity index (χ0) is 12.1. The molecule has 3 heteroatoms. The number of aryl methyl sites for hydroxylation is 2. The van der Waals surface area contributed by atoms with E-state index in [1.54, 1.807) is 0 Å². The summed E-state index contributed by atoms with van der Waals surface area (Å²) < 4.78 is 7.67. The molecule has 17 heavy (non-hydrogen) atoms. The van der Waals surface area contributed by atoms with E-state index in [0.29, 0.717) is 12.5 Å². The second-order valence-electron chi connectivity index (χ2n) is 3.92. The van der Waals surface area contributed by atoms with Crippen LogP contribution in [-0.2, 0) is 19.6 Å². The van der Waals surface area contributed by atoms with Gasteiger partial charge in [0.2, 0.25) is 5.88 Å². The molecule has 0 aliphatic heterocycles. The Balaban J connectivity index is 2.02. The summed E-state index contributed by atoms with van der Waals surface area (Å²) in [5, 5.41) is 4.41.